The van der Waals surface area contributed by atoms with Crippen LogP contribution in [-0.2, 0) is 0 Å². The summed E-state index contributed by atoms with van der Waals surface area (Å²) in [4.78, 5) is 11.9. The van der Waals surface area contributed by atoms with E-state index < -0.39 is 0 Å². The van der Waals surface area contributed by atoms with Crippen molar-refractivity contribution >= 4 is 5.91 Å². The molecule has 2 unspecified atom stereocenters. The molecule has 4 heteroatoms. The van der Waals surface area contributed by atoms with Gasteiger partial charge < -0.3 is 10.4 Å². The molecule has 0 aromatic heterocycles. The summed E-state index contributed by atoms with van der Waals surface area (Å²) in [5.74, 6) is -0.140. The number of hydrogen-bond acceptors (Lipinski definition) is 3. The Morgan fingerprint density at radius 1 is 1.33 bits per heavy atom. The third kappa shape index (κ3) is 3.08. The summed E-state index contributed by atoms with van der Waals surface area (Å²) in [5, 5.41) is 21.1. The van der Waals surface area contributed by atoms with Crippen LogP contribution in [0.15, 0.2) is 24.3 Å². The van der Waals surface area contributed by atoms with E-state index >= 15 is 0 Å². The highest BCUT2D eigenvalue weighted by Crippen LogP contribution is 2.18. The predicted molar refractivity (Wildman–Crippen MR) is 66.9 cm³/mol. The van der Waals surface area contributed by atoms with E-state index in [1.54, 1.807) is 24.3 Å². The lowest BCUT2D eigenvalue weighted by molar-refractivity contribution is 0.0850. The third-order valence-corrected chi connectivity index (χ3v) is 3.26. The lowest BCUT2D eigenvalue weighted by Crippen LogP contribution is -2.39. The maximum Gasteiger partial charge on any atom is 0.251 e. The van der Waals surface area contributed by atoms with Crippen LogP contribution in [0.4, 0.5) is 0 Å². The molecule has 18 heavy (non-hydrogen) atoms. The Balaban J connectivity index is 1.96. The molecule has 1 aromatic rings. The molecule has 1 fully saturated rings. The third-order valence-electron chi connectivity index (χ3n) is 3.26. The fourth-order valence-corrected chi connectivity index (χ4v) is 2.26. The van der Waals surface area contributed by atoms with E-state index in [1.807, 2.05) is 6.07 Å². The molecule has 0 heterocycles. The molecule has 1 amide bonds. The largest absolute Gasteiger partial charge is 0.393 e. The van der Waals surface area contributed by atoms with Gasteiger partial charge in [0.15, 0.2) is 0 Å². The Kier molecular flexibility index (Phi) is 3.96. The van der Waals surface area contributed by atoms with Crippen molar-refractivity contribution in [2.24, 2.45) is 0 Å². The molecule has 2 rings (SSSR count). The standard InChI is InChI=1S/C14H16N2O2/c15-9-10-4-6-11(7-5-10)14(18)16-12-2-1-3-13(17)8-12/h4-7,12-13,17H,1-3,8H2,(H,16,18). The molecule has 2 N–H and O–H groups in total. The average molecular weight is 244 g/mol. The number of nitrogens with zero attached hydrogens (tertiary/aromatic N) is 1. The van der Waals surface area contributed by atoms with Gasteiger partial charge in [0.25, 0.3) is 5.91 Å². The van der Waals surface area contributed by atoms with E-state index in [-0.39, 0.29) is 18.1 Å². The molecular formula is C14H16N2O2. The van der Waals surface area contributed by atoms with Gasteiger partial charge in [-0.05, 0) is 49.9 Å². The fraction of sp³-hybridized carbons (Fsp3) is 0.429. The molecule has 94 valence electrons. The molecule has 0 aliphatic heterocycles. The van der Waals surface area contributed by atoms with Crippen LogP contribution in [0.2, 0.25) is 0 Å². The van der Waals surface area contributed by atoms with Crippen molar-refractivity contribution in [1.82, 2.24) is 5.32 Å². The van der Waals surface area contributed by atoms with E-state index in [0.29, 0.717) is 17.5 Å². The molecule has 1 aromatic carbocycles. The SMILES string of the molecule is N#Cc1ccc(C(=O)NC2CCCC(O)C2)cc1. The molecule has 0 saturated heterocycles. The van der Waals surface area contributed by atoms with Crippen LogP contribution in [0.3, 0.4) is 0 Å². The molecule has 1 saturated carbocycles. The zero-order valence-electron chi connectivity index (χ0n) is 10.1. The van der Waals surface area contributed by atoms with Crippen molar-refractivity contribution in [3.05, 3.63) is 35.4 Å². The average Bonchev–Trinajstić information content (AvgIpc) is 2.39. The van der Waals surface area contributed by atoms with Crippen molar-refractivity contribution < 1.29 is 9.90 Å². The number of aliphatic hydroxyl groups is 1. The van der Waals surface area contributed by atoms with Crippen molar-refractivity contribution in [3.63, 3.8) is 0 Å². The van der Waals surface area contributed by atoms with Gasteiger partial charge in [0, 0.05) is 11.6 Å². The van der Waals surface area contributed by atoms with Gasteiger partial charge in [-0.2, -0.15) is 5.26 Å². The summed E-state index contributed by atoms with van der Waals surface area (Å²) in [6.45, 7) is 0. The molecule has 0 radical (unpaired) electrons. The molecular weight excluding hydrogens is 228 g/mol. The summed E-state index contributed by atoms with van der Waals surface area (Å²) in [5.41, 5.74) is 1.09. The molecule has 2 atom stereocenters. The number of carbonyl (C=O) groups excluding carboxylic acids is 1. The van der Waals surface area contributed by atoms with Crippen LogP contribution in [0.5, 0.6) is 0 Å². The topological polar surface area (TPSA) is 73.1 Å². The number of amides is 1. The Hall–Kier alpha value is -1.86. The highest BCUT2D eigenvalue weighted by atomic mass is 16.3. The molecule has 4 nitrogen and oxygen atoms in total. The minimum atomic E-state index is -0.301. The molecule has 0 bridgehead atoms. The first-order chi connectivity index (χ1) is 8.69. The van der Waals surface area contributed by atoms with Gasteiger partial charge in [-0.25, -0.2) is 0 Å². The number of rotatable bonds is 2. The fourth-order valence-electron chi connectivity index (χ4n) is 2.26. The first-order valence-electron chi connectivity index (χ1n) is 6.18. The summed E-state index contributed by atoms with van der Waals surface area (Å²) in [7, 11) is 0. The maximum absolute atomic E-state index is 11.9. The summed E-state index contributed by atoms with van der Waals surface area (Å²) in [6, 6.07) is 8.62. The van der Waals surface area contributed by atoms with Gasteiger partial charge >= 0.3 is 0 Å². The summed E-state index contributed by atoms with van der Waals surface area (Å²) in [6.07, 6.45) is 3.01. The Bertz CT molecular complexity index is 462. The number of nitriles is 1. The van der Waals surface area contributed by atoms with Crippen molar-refractivity contribution in [1.29, 1.82) is 5.26 Å². The quantitative estimate of drug-likeness (QED) is 0.829. The Labute approximate surface area is 106 Å². The van der Waals surface area contributed by atoms with Crippen LogP contribution < -0.4 is 5.32 Å². The monoisotopic (exact) mass is 244 g/mol. The Morgan fingerprint density at radius 2 is 2.06 bits per heavy atom. The molecule has 1 aliphatic rings. The second-order valence-corrected chi connectivity index (χ2v) is 4.68. The number of benzene rings is 1. The van der Waals surface area contributed by atoms with Crippen LogP contribution in [0, 0.1) is 11.3 Å². The van der Waals surface area contributed by atoms with Crippen molar-refractivity contribution in [3.8, 4) is 6.07 Å². The number of carbonyl (C=O) groups is 1. The van der Waals surface area contributed by atoms with Crippen LogP contribution in [-0.4, -0.2) is 23.2 Å². The molecule has 1 aliphatic carbocycles. The van der Waals surface area contributed by atoms with E-state index in [2.05, 4.69) is 5.32 Å². The lowest BCUT2D eigenvalue weighted by Gasteiger charge is -2.26. The van der Waals surface area contributed by atoms with Crippen LogP contribution in [0.1, 0.15) is 41.6 Å². The first-order valence-corrected chi connectivity index (χ1v) is 6.18. The van der Waals surface area contributed by atoms with Crippen LogP contribution >= 0.6 is 0 Å². The van der Waals surface area contributed by atoms with E-state index in [9.17, 15) is 9.90 Å². The van der Waals surface area contributed by atoms with Gasteiger partial charge in [0.05, 0.1) is 17.7 Å². The van der Waals surface area contributed by atoms with E-state index in [4.69, 9.17) is 5.26 Å². The van der Waals surface area contributed by atoms with Gasteiger partial charge in [0.2, 0.25) is 0 Å². The van der Waals surface area contributed by atoms with Gasteiger partial charge in [-0.3, -0.25) is 4.79 Å². The summed E-state index contributed by atoms with van der Waals surface area (Å²) < 4.78 is 0. The van der Waals surface area contributed by atoms with E-state index in [1.165, 1.54) is 0 Å². The van der Waals surface area contributed by atoms with E-state index in [0.717, 1.165) is 19.3 Å². The predicted octanol–water partition coefficient (Wildman–Crippen LogP) is 1.59. The van der Waals surface area contributed by atoms with Crippen molar-refractivity contribution in [2.45, 2.75) is 37.8 Å². The second-order valence-electron chi connectivity index (χ2n) is 4.68. The lowest BCUT2D eigenvalue weighted by atomic mass is 9.93. The minimum Gasteiger partial charge on any atom is -0.393 e. The summed E-state index contributed by atoms with van der Waals surface area (Å²) >= 11 is 0. The second kappa shape index (κ2) is 5.65. The Morgan fingerprint density at radius 3 is 2.67 bits per heavy atom. The highest BCUT2D eigenvalue weighted by molar-refractivity contribution is 5.94. The first kappa shape index (κ1) is 12.6. The van der Waals surface area contributed by atoms with Crippen LogP contribution in [0.25, 0.3) is 0 Å². The van der Waals surface area contributed by atoms with Crippen molar-refractivity contribution in [2.75, 3.05) is 0 Å². The smallest absolute Gasteiger partial charge is 0.251 e. The minimum absolute atomic E-state index is 0.0527. The number of nitrogens with one attached hydrogen (secondary N) is 1. The number of hydrogen-bond donors (Lipinski definition) is 2. The van der Waals surface area contributed by atoms with Gasteiger partial charge in [-0.15, -0.1) is 0 Å². The normalized spacial score (nSPS) is 23.1. The number of aliphatic hydroxyl groups excluding tert-OH is 1. The maximum atomic E-state index is 11.9. The van der Waals surface area contributed by atoms with Gasteiger partial charge in [0.1, 0.15) is 0 Å². The highest BCUT2D eigenvalue weighted by Gasteiger charge is 2.21. The zero-order chi connectivity index (χ0) is 13.0. The zero-order valence-corrected chi connectivity index (χ0v) is 10.1. The van der Waals surface area contributed by atoms with Gasteiger partial charge in [-0.1, -0.05) is 0 Å². The molecule has 0 spiro atoms.